The van der Waals surface area contributed by atoms with Crippen molar-refractivity contribution in [3.8, 4) is 0 Å². The first-order valence-electron chi connectivity index (χ1n) is 7.90. The van der Waals surface area contributed by atoms with Gasteiger partial charge in [0.15, 0.2) is 0 Å². The third kappa shape index (κ3) is 4.64. The minimum absolute atomic E-state index is 0.0386. The molecule has 4 nitrogen and oxygen atoms in total. The van der Waals surface area contributed by atoms with Crippen LogP contribution in [0.25, 0.3) is 0 Å². The Bertz CT molecular complexity index is 580. The quantitative estimate of drug-likeness (QED) is 0.839. The molecule has 2 aliphatic rings. The van der Waals surface area contributed by atoms with Crippen molar-refractivity contribution in [2.75, 3.05) is 26.2 Å². The largest absolute Gasteiger partial charge is 0.446 e. The number of amides is 1. The molecule has 24 heavy (non-hydrogen) atoms. The van der Waals surface area contributed by atoms with Gasteiger partial charge in [0, 0.05) is 29.6 Å². The molecule has 0 aliphatic carbocycles. The zero-order valence-corrected chi connectivity index (χ0v) is 13.8. The molecule has 3 rings (SSSR count). The fourth-order valence-electron chi connectivity index (χ4n) is 3.13. The summed E-state index contributed by atoms with van der Waals surface area (Å²) in [6.07, 6.45) is 2.32. The van der Waals surface area contributed by atoms with E-state index in [9.17, 15) is 18.0 Å². The molecule has 0 spiro atoms. The first-order valence-corrected chi connectivity index (χ1v) is 8.72. The van der Waals surface area contributed by atoms with Crippen LogP contribution >= 0.6 is 11.8 Å². The summed E-state index contributed by atoms with van der Waals surface area (Å²) < 4.78 is 42.6. The first-order chi connectivity index (χ1) is 11.4. The number of hydrogen-bond donors (Lipinski definition) is 1. The molecule has 132 valence electrons. The third-order valence-electron chi connectivity index (χ3n) is 4.30. The number of nitrogens with zero attached hydrogens (tertiary/aromatic N) is 1. The van der Waals surface area contributed by atoms with E-state index >= 15 is 0 Å². The normalized spacial score (nSPS) is 24.6. The SMILES string of the molecule is O=C(NC[C@H]1CN2CCC[C@@H]2CO1)c1ccc(SC(F)(F)F)cc1. The molecular formula is C16H19F3N2O2S. The number of carbonyl (C=O) groups is 1. The summed E-state index contributed by atoms with van der Waals surface area (Å²) in [4.78, 5) is 14.6. The van der Waals surface area contributed by atoms with Gasteiger partial charge in [0.25, 0.3) is 5.91 Å². The number of nitrogens with one attached hydrogen (secondary N) is 1. The van der Waals surface area contributed by atoms with E-state index in [1.54, 1.807) is 0 Å². The molecule has 0 aromatic heterocycles. The maximum atomic E-state index is 12.3. The predicted molar refractivity (Wildman–Crippen MR) is 85.0 cm³/mol. The van der Waals surface area contributed by atoms with Crippen LogP contribution in [0.1, 0.15) is 23.2 Å². The second-order valence-electron chi connectivity index (χ2n) is 6.03. The van der Waals surface area contributed by atoms with Crippen LogP contribution in [0.3, 0.4) is 0 Å². The number of morpholine rings is 1. The Kier molecular flexibility index (Phi) is 5.36. The van der Waals surface area contributed by atoms with E-state index in [1.807, 2.05) is 0 Å². The number of benzene rings is 1. The Labute approximate surface area is 142 Å². The Hall–Kier alpha value is -1.25. The molecule has 1 N–H and O–H groups in total. The van der Waals surface area contributed by atoms with Gasteiger partial charge in [-0.1, -0.05) is 0 Å². The number of carbonyl (C=O) groups excluding carboxylic acids is 1. The second-order valence-corrected chi connectivity index (χ2v) is 7.17. The lowest BCUT2D eigenvalue weighted by molar-refractivity contribution is -0.0461. The van der Waals surface area contributed by atoms with E-state index in [1.165, 1.54) is 37.1 Å². The summed E-state index contributed by atoms with van der Waals surface area (Å²) in [6.45, 7) is 2.99. The molecule has 1 amide bonds. The molecule has 0 unspecified atom stereocenters. The van der Waals surface area contributed by atoms with Gasteiger partial charge in [-0.2, -0.15) is 13.2 Å². The van der Waals surface area contributed by atoms with Crippen LogP contribution < -0.4 is 5.32 Å². The minimum atomic E-state index is -4.32. The molecule has 0 saturated carbocycles. The summed E-state index contributed by atoms with van der Waals surface area (Å²) in [6, 6.07) is 5.93. The number of fused-ring (bicyclic) bond motifs is 1. The smallest absolute Gasteiger partial charge is 0.373 e. The highest BCUT2D eigenvalue weighted by Crippen LogP contribution is 2.36. The fraction of sp³-hybridized carbons (Fsp3) is 0.562. The topological polar surface area (TPSA) is 41.6 Å². The van der Waals surface area contributed by atoms with Crippen molar-refractivity contribution in [3.05, 3.63) is 29.8 Å². The van der Waals surface area contributed by atoms with Crippen LogP contribution in [-0.2, 0) is 4.74 Å². The molecule has 2 atom stereocenters. The Morgan fingerprint density at radius 3 is 2.79 bits per heavy atom. The van der Waals surface area contributed by atoms with Gasteiger partial charge >= 0.3 is 5.51 Å². The zero-order valence-electron chi connectivity index (χ0n) is 13.0. The summed E-state index contributed by atoms with van der Waals surface area (Å²) in [5.74, 6) is -0.300. The van der Waals surface area contributed by atoms with Crippen molar-refractivity contribution in [1.82, 2.24) is 10.2 Å². The summed E-state index contributed by atoms with van der Waals surface area (Å²) in [5, 5.41) is 2.80. The first kappa shape index (κ1) is 17.6. The second kappa shape index (κ2) is 7.33. The lowest BCUT2D eigenvalue weighted by atomic mass is 10.1. The predicted octanol–water partition coefficient (Wildman–Crippen LogP) is 2.89. The number of hydrogen-bond acceptors (Lipinski definition) is 4. The summed E-state index contributed by atoms with van der Waals surface area (Å²) in [7, 11) is 0. The number of rotatable bonds is 4. The van der Waals surface area contributed by atoms with Crippen LogP contribution in [-0.4, -0.2) is 54.7 Å². The zero-order chi connectivity index (χ0) is 17.2. The van der Waals surface area contributed by atoms with Crippen molar-refractivity contribution >= 4 is 17.7 Å². The number of alkyl halides is 3. The number of halogens is 3. The Balaban J connectivity index is 1.48. The summed E-state index contributed by atoms with van der Waals surface area (Å²) >= 11 is -0.191. The van der Waals surface area contributed by atoms with Gasteiger partial charge in [0.05, 0.1) is 12.7 Å². The molecule has 2 fully saturated rings. The van der Waals surface area contributed by atoms with Crippen molar-refractivity contribution in [2.24, 2.45) is 0 Å². The molecule has 8 heteroatoms. The van der Waals surface area contributed by atoms with Gasteiger partial charge in [0.1, 0.15) is 0 Å². The number of thioether (sulfide) groups is 1. The average molecular weight is 360 g/mol. The molecule has 2 heterocycles. The van der Waals surface area contributed by atoms with E-state index in [0.29, 0.717) is 24.8 Å². The van der Waals surface area contributed by atoms with Gasteiger partial charge in [-0.15, -0.1) is 0 Å². The van der Waals surface area contributed by atoms with Gasteiger partial charge in [-0.25, -0.2) is 0 Å². The Morgan fingerprint density at radius 2 is 2.08 bits per heavy atom. The third-order valence-corrected chi connectivity index (χ3v) is 5.04. The molecule has 0 radical (unpaired) electrons. The van der Waals surface area contributed by atoms with Crippen molar-refractivity contribution in [3.63, 3.8) is 0 Å². The summed E-state index contributed by atoms with van der Waals surface area (Å²) in [5.41, 5.74) is -3.98. The standard InChI is InChI=1S/C16H19F3N2O2S/c17-16(18,19)24-14-5-3-11(4-6-14)15(22)20-8-13-9-21-7-1-2-12(21)10-23-13/h3-6,12-13H,1-2,7-10H2,(H,20,22)/t12-,13+/m1/s1. The monoisotopic (exact) mass is 360 g/mol. The van der Waals surface area contributed by atoms with Crippen molar-refractivity contribution in [2.45, 2.75) is 35.4 Å². The van der Waals surface area contributed by atoms with Crippen molar-refractivity contribution < 1.29 is 22.7 Å². The molecule has 2 saturated heterocycles. The lowest BCUT2D eigenvalue weighted by Crippen LogP contribution is -2.50. The molecule has 2 aliphatic heterocycles. The molecule has 1 aromatic rings. The van der Waals surface area contributed by atoms with E-state index in [4.69, 9.17) is 4.74 Å². The van der Waals surface area contributed by atoms with Crippen LogP contribution in [0, 0.1) is 0 Å². The highest BCUT2D eigenvalue weighted by atomic mass is 32.2. The molecule has 1 aromatic carbocycles. The fourth-order valence-corrected chi connectivity index (χ4v) is 3.67. The highest BCUT2D eigenvalue weighted by molar-refractivity contribution is 8.00. The minimum Gasteiger partial charge on any atom is -0.373 e. The van der Waals surface area contributed by atoms with E-state index in [0.717, 1.165) is 13.1 Å². The van der Waals surface area contributed by atoms with Crippen LogP contribution in [0.2, 0.25) is 0 Å². The molecule has 0 bridgehead atoms. The Morgan fingerprint density at radius 1 is 1.33 bits per heavy atom. The maximum Gasteiger partial charge on any atom is 0.446 e. The van der Waals surface area contributed by atoms with E-state index in [2.05, 4.69) is 10.2 Å². The number of ether oxygens (including phenoxy) is 1. The lowest BCUT2D eigenvalue weighted by Gasteiger charge is -2.35. The van der Waals surface area contributed by atoms with Gasteiger partial charge in [0.2, 0.25) is 0 Å². The van der Waals surface area contributed by atoms with Crippen LogP contribution in [0.5, 0.6) is 0 Å². The highest BCUT2D eigenvalue weighted by Gasteiger charge is 2.32. The average Bonchev–Trinajstić information content (AvgIpc) is 2.99. The van der Waals surface area contributed by atoms with Gasteiger partial charge < -0.3 is 10.1 Å². The van der Waals surface area contributed by atoms with Gasteiger partial charge in [-0.05, 0) is 55.4 Å². The van der Waals surface area contributed by atoms with Crippen molar-refractivity contribution in [1.29, 1.82) is 0 Å². The van der Waals surface area contributed by atoms with Gasteiger partial charge in [-0.3, -0.25) is 9.69 Å². The molecular weight excluding hydrogens is 341 g/mol. The van der Waals surface area contributed by atoms with E-state index < -0.39 is 5.51 Å². The maximum absolute atomic E-state index is 12.3. The van der Waals surface area contributed by atoms with Crippen LogP contribution in [0.15, 0.2) is 29.2 Å². The van der Waals surface area contributed by atoms with E-state index in [-0.39, 0.29) is 28.7 Å². The van der Waals surface area contributed by atoms with Crippen LogP contribution in [0.4, 0.5) is 13.2 Å².